The van der Waals surface area contributed by atoms with E-state index in [2.05, 4.69) is 11.1 Å². The Morgan fingerprint density at radius 1 is 0.952 bits per heavy atom. The van der Waals surface area contributed by atoms with Crippen molar-refractivity contribution in [3.8, 4) is 17.3 Å². The van der Waals surface area contributed by atoms with Gasteiger partial charge in [-0.15, -0.1) is 0 Å². The van der Waals surface area contributed by atoms with E-state index in [4.69, 9.17) is 9.68 Å². The summed E-state index contributed by atoms with van der Waals surface area (Å²) in [4.78, 5) is 4.43. The van der Waals surface area contributed by atoms with Gasteiger partial charge in [0.05, 0.1) is 17.3 Å². The lowest BCUT2D eigenvalue weighted by Gasteiger charge is -2.02. The zero-order valence-electron chi connectivity index (χ0n) is 11.1. The molecule has 2 aromatic heterocycles. The molecule has 0 fully saturated rings. The van der Waals surface area contributed by atoms with Crippen molar-refractivity contribution in [2.24, 2.45) is 0 Å². The molecule has 0 spiro atoms. The van der Waals surface area contributed by atoms with Crippen LogP contribution in [0.2, 0.25) is 0 Å². The smallest absolute Gasteiger partial charge is 0.136 e. The van der Waals surface area contributed by atoms with Crippen molar-refractivity contribution >= 4 is 21.9 Å². The lowest BCUT2D eigenvalue weighted by molar-refractivity contribution is 0.669. The summed E-state index contributed by atoms with van der Waals surface area (Å²) in [7, 11) is 0. The van der Waals surface area contributed by atoms with Crippen LogP contribution in [0, 0.1) is 11.3 Å². The summed E-state index contributed by atoms with van der Waals surface area (Å²) in [5, 5.41) is 11.0. The van der Waals surface area contributed by atoms with Crippen LogP contribution in [0.4, 0.5) is 0 Å². The number of pyridine rings is 1. The first-order chi connectivity index (χ1) is 10.4. The summed E-state index contributed by atoms with van der Waals surface area (Å²) in [5.41, 5.74) is 4.09. The molecule has 0 saturated carbocycles. The van der Waals surface area contributed by atoms with Crippen molar-refractivity contribution in [2.45, 2.75) is 0 Å². The van der Waals surface area contributed by atoms with E-state index in [0.717, 1.165) is 33.2 Å². The zero-order chi connectivity index (χ0) is 14.2. The minimum atomic E-state index is 0.598. The van der Waals surface area contributed by atoms with E-state index < -0.39 is 0 Å². The molecule has 98 valence electrons. The first-order valence-corrected chi connectivity index (χ1v) is 6.63. The summed E-state index contributed by atoms with van der Waals surface area (Å²) in [5.74, 6) is 0. The van der Waals surface area contributed by atoms with Crippen LogP contribution >= 0.6 is 0 Å². The van der Waals surface area contributed by atoms with Crippen LogP contribution in [0.25, 0.3) is 33.2 Å². The van der Waals surface area contributed by atoms with Gasteiger partial charge >= 0.3 is 0 Å². The number of furan rings is 1. The summed E-state index contributed by atoms with van der Waals surface area (Å²) in [6.45, 7) is 0. The minimum absolute atomic E-state index is 0.598. The highest BCUT2D eigenvalue weighted by molar-refractivity contribution is 6.12. The molecule has 0 amide bonds. The van der Waals surface area contributed by atoms with Crippen molar-refractivity contribution in [1.29, 1.82) is 5.26 Å². The minimum Gasteiger partial charge on any atom is -0.456 e. The van der Waals surface area contributed by atoms with Crippen LogP contribution in [0.1, 0.15) is 5.56 Å². The van der Waals surface area contributed by atoms with Gasteiger partial charge in [0, 0.05) is 22.5 Å². The third kappa shape index (κ3) is 1.78. The first kappa shape index (κ1) is 11.7. The molecular formula is C18H10N2O. The maximum Gasteiger partial charge on any atom is 0.136 e. The number of hydrogen-bond acceptors (Lipinski definition) is 3. The fourth-order valence-electron chi connectivity index (χ4n) is 2.63. The van der Waals surface area contributed by atoms with Crippen LogP contribution in [0.5, 0.6) is 0 Å². The van der Waals surface area contributed by atoms with Crippen LogP contribution < -0.4 is 0 Å². The highest BCUT2D eigenvalue weighted by atomic mass is 16.3. The highest BCUT2D eigenvalue weighted by Gasteiger charge is 2.13. The Morgan fingerprint density at radius 2 is 1.90 bits per heavy atom. The number of aromatic nitrogens is 1. The number of benzene rings is 2. The van der Waals surface area contributed by atoms with Gasteiger partial charge in [-0.3, -0.25) is 4.98 Å². The molecule has 2 aromatic carbocycles. The molecule has 21 heavy (non-hydrogen) atoms. The fraction of sp³-hybridized carbons (Fsp3) is 0. The standard InChI is InChI=1S/C18H10N2O/c19-11-12-7-8-14-17(10-12)21-16-6-3-4-13(18(14)16)15-5-1-2-9-20-15/h1-10H. The second kappa shape index (κ2) is 4.46. The molecular weight excluding hydrogens is 260 g/mol. The molecule has 3 nitrogen and oxygen atoms in total. The second-order valence-electron chi connectivity index (χ2n) is 4.82. The Labute approximate surface area is 121 Å². The largest absolute Gasteiger partial charge is 0.456 e. The molecule has 0 unspecified atom stereocenters. The van der Waals surface area contributed by atoms with Crippen LogP contribution in [-0.2, 0) is 0 Å². The van der Waals surface area contributed by atoms with E-state index in [1.165, 1.54) is 0 Å². The van der Waals surface area contributed by atoms with Crippen molar-refractivity contribution < 1.29 is 4.42 Å². The Kier molecular flexibility index (Phi) is 2.48. The summed E-state index contributed by atoms with van der Waals surface area (Å²) in [6.07, 6.45) is 1.78. The lowest BCUT2D eigenvalue weighted by Crippen LogP contribution is -1.82. The summed E-state index contributed by atoms with van der Waals surface area (Å²) < 4.78 is 5.88. The van der Waals surface area contributed by atoms with Gasteiger partial charge in [0.2, 0.25) is 0 Å². The fourth-order valence-corrected chi connectivity index (χ4v) is 2.63. The normalized spacial score (nSPS) is 10.8. The molecule has 2 heterocycles. The van der Waals surface area contributed by atoms with Crippen molar-refractivity contribution in [3.05, 3.63) is 66.4 Å². The van der Waals surface area contributed by atoms with Crippen LogP contribution in [-0.4, -0.2) is 4.98 Å². The highest BCUT2D eigenvalue weighted by Crippen LogP contribution is 2.35. The number of hydrogen-bond donors (Lipinski definition) is 0. The predicted molar refractivity (Wildman–Crippen MR) is 81.7 cm³/mol. The van der Waals surface area contributed by atoms with Crippen molar-refractivity contribution in [3.63, 3.8) is 0 Å². The molecule has 0 aliphatic rings. The average Bonchev–Trinajstić information content (AvgIpc) is 2.93. The van der Waals surface area contributed by atoms with E-state index in [1.807, 2.05) is 48.5 Å². The van der Waals surface area contributed by atoms with E-state index >= 15 is 0 Å². The molecule has 4 aromatic rings. The maximum absolute atomic E-state index is 9.00. The van der Waals surface area contributed by atoms with Gasteiger partial charge in [-0.2, -0.15) is 5.26 Å². The Balaban J connectivity index is 2.12. The zero-order valence-corrected chi connectivity index (χ0v) is 11.1. The molecule has 3 heteroatoms. The van der Waals surface area contributed by atoms with Gasteiger partial charge in [0.1, 0.15) is 11.2 Å². The molecule has 4 rings (SSSR count). The van der Waals surface area contributed by atoms with Gasteiger partial charge in [-0.05, 0) is 36.4 Å². The predicted octanol–water partition coefficient (Wildman–Crippen LogP) is 4.52. The third-order valence-electron chi connectivity index (χ3n) is 3.57. The molecule has 0 bridgehead atoms. The molecule has 0 atom stereocenters. The molecule has 0 aliphatic carbocycles. The Bertz CT molecular complexity index is 994. The average molecular weight is 270 g/mol. The van der Waals surface area contributed by atoms with E-state index in [1.54, 1.807) is 12.3 Å². The maximum atomic E-state index is 9.00. The summed E-state index contributed by atoms with van der Waals surface area (Å²) >= 11 is 0. The quantitative estimate of drug-likeness (QED) is 0.511. The Hall–Kier alpha value is -3.12. The van der Waals surface area contributed by atoms with E-state index in [-0.39, 0.29) is 0 Å². The third-order valence-corrected chi connectivity index (χ3v) is 3.57. The van der Waals surface area contributed by atoms with Crippen LogP contribution in [0.3, 0.4) is 0 Å². The van der Waals surface area contributed by atoms with Crippen molar-refractivity contribution in [1.82, 2.24) is 4.98 Å². The van der Waals surface area contributed by atoms with Gasteiger partial charge in [0.25, 0.3) is 0 Å². The van der Waals surface area contributed by atoms with Gasteiger partial charge < -0.3 is 4.42 Å². The monoisotopic (exact) mass is 270 g/mol. The van der Waals surface area contributed by atoms with Gasteiger partial charge in [-0.1, -0.05) is 18.2 Å². The molecule has 0 aliphatic heterocycles. The van der Waals surface area contributed by atoms with Gasteiger partial charge in [-0.25, -0.2) is 0 Å². The van der Waals surface area contributed by atoms with E-state index in [0.29, 0.717) is 5.56 Å². The molecule has 0 saturated heterocycles. The Morgan fingerprint density at radius 3 is 2.71 bits per heavy atom. The van der Waals surface area contributed by atoms with E-state index in [9.17, 15) is 0 Å². The van der Waals surface area contributed by atoms with Crippen LogP contribution in [0.15, 0.2) is 65.2 Å². The number of nitrogens with zero attached hydrogens (tertiary/aromatic N) is 2. The first-order valence-electron chi connectivity index (χ1n) is 6.63. The summed E-state index contributed by atoms with van der Waals surface area (Å²) in [6, 6.07) is 19.4. The van der Waals surface area contributed by atoms with Gasteiger partial charge in [0.15, 0.2) is 0 Å². The second-order valence-corrected chi connectivity index (χ2v) is 4.82. The number of nitriles is 1. The SMILES string of the molecule is N#Cc1ccc2c(c1)oc1cccc(-c3ccccn3)c12. The topological polar surface area (TPSA) is 49.8 Å². The molecule has 0 radical (unpaired) electrons. The lowest BCUT2D eigenvalue weighted by atomic mass is 10.0. The molecule has 0 N–H and O–H groups in total. The number of fused-ring (bicyclic) bond motifs is 3. The van der Waals surface area contributed by atoms with Crippen molar-refractivity contribution in [2.75, 3.05) is 0 Å². The number of rotatable bonds is 1.